The molecule has 2 fully saturated rings. The van der Waals surface area contributed by atoms with Gasteiger partial charge in [0.15, 0.2) is 0 Å². The van der Waals surface area contributed by atoms with E-state index < -0.39 is 0 Å². The largest absolute Gasteiger partial charge is 0.341 e. The lowest BCUT2D eigenvalue weighted by atomic mass is 10.2. The Kier molecular flexibility index (Phi) is 5.45. The molecule has 0 atom stereocenters. The molecule has 1 heterocycles. The monoisotopic (exact) mass is 253 g/mol. The molecule has 1 saturated carbocycles. The normalized spacial score (nSPS) is 23.3. The standard InChI is InChI=1S/C14H27N3O/c1-15-8-7-14(18)17-10-4-9-16(11-12-17)13-5-2-3-6-13/h13,15H,2-12H2,1H3. The van der Waals surface area contributed by atoms with E-state index in [-0.39, 0.29) is 0 Å². The molecule has 0 bridgehead atoms. The summed E-state index contributed by atoms with van der Waals surface area (Å²) in [4.78, 5) is 16.7. The predicted octanol–water partition coefficient (Wildman–Crippen LogP) is 1.07. The number of hydrogen-bond acceptors (Lipinski definition) is 3. The van der Waals surface area contributed by atoms with Crippen LogP contribution in [0.2, 0.25) is 0 Å². The van der Waals surface area contributed by atoms with E-state index in [2.05, 4.69) is 15.1 Å². The minimum atomic E-state index is 0.317. The van der Waals surface area contributed by atoms with Gasteiger partial charge in [0.2, 0.25) is 5.91 Å². The number of rotatable bonds is 4. The smallest absolute Gasteiger partial charge is 0.223 e. The molecular weight excluding hydrogens is 226 g/mol. The second kappa shape index (κ2) is 7.10. The van der Waals surface area contributed by atoms with Crippen molar-refractivity contribution in [2.24, 2.45) is 0 Å². The first kappa shape index (κ1) is 13.8. The zero-order chi connectivity index (χ0) is 12.8. The highest BCUT2D eigenvalue weighted by atomic mass is 16.2. The van der Waals surface area contributed by atoms with Crippen LogP contribution in [0, 0.1) is 0 Å². The van der Waals surface area contributed by atoms with E-state index in [1.807, 2.05) is 7.05 Å². The zero-order valence-electron chi connectivity index (χ0n) is 11.7. The molecule has 1 saturated heterocycles. The summed E-state index contributed by atoms with van der Waals surface area (Å²) in [5.41, 5.74) is 0. The Bertz CT molecular complexity index is 264. The number of carbonyl (C=O) groups is 1. The van der Waals surface area contributed by atoms with Crippen molar-refractivity contribution in [2.75, 3.05) is 39.8 Å². The quantitative estimate of drug-likeness (QED) is 0.814. The van der Waals surface area contributed by atoms with Crippen molar-refractivity contribution in [1.82, 2.24) is 15.1 Å². The number of nitrogens with zero attached hydrogens (tertiary/aromatic N) is 2. The van der Waals surface area contributed by atoms with Crippen molar-refractivity contribution in [1.29, 1.82) is 0 Å². The molecule has 0 aromatic rings. The van der Waals surface area contributed by atoms with Gasteiger partial charge in [0, 0.05) is 45.2 Å². The molecule has 0 radical (unpaired) electrons. The second-order valence-electron chi connectivity index (χ2n) is 5.56. The molecule has 0 aromatic carbocycles. The third-order valence-corrected chi connectivity index (χ3v) is 4.31. The van der Waals surface area contributed by atoms with E-state index in [4.69, 9.17) is 0 Å². The highest BCUT2D eigenvalue weighted by Gasteiger charge is 2.25. The Morgan fingerprint density at radius 1 is 1.11 bits per heavy atom. The summed E-state index contributed by atoms with van der Waals surface area (Å²) >= 11 is 0. The van der Waals surface area contributed by atoms with Crippen molar-refractivity contribution in [2.45, 2.75) is 44.6 Å². The van der Waals surface area contributed by atoms with Gasteiger partial charge < -0.3 is 10.2 Å². The zero-order valence-corrected chi connectivity index (χ0v) is 11.7. The maximum absolute atomic E-state index is 12.0. The molecule has 0 unspecified atom stereocenters. The molecule has 0 spiro atoms. The van der Waals surface area contributed by atoms with E-state index >= 15 is 0 Å². The third-order valence-electron chi connectivity index (χ3n) is 4.31. The molecule has 1 aliphatic carbocycles. The summed E-state index contributed by atoms with van der Waals surface area (Å²) < 4.78 is 0. The summed E-state index contributed by atoms with van der Waals surface area (Å²) in [5.74, 6) is 0.317. The Labute approximate surface area is 111 Å². The van der Waals surface area contributed by atoms with E-state index in [0.717, 1.165) is 38.6 Å². The fraction of sp³-hybridized carbons (Fsp3) is 0.929. The van der Waals surface area contributed by atoms with Gasteiger partial charge in [-0.15, -0.1) is 0 Å². The van der Waals surface area contributed by atoms with Crippen LogP contribution < -0.4 is 5.32 Å². The highest BCUT2D eigenvalue weighted by Crippen LogP contribution is 2.24. The molecular formula is C14H27N3O. The Balaban J connectivity index is 1.78. The summed E-state index contributed by atoms with van der Waals surface area (Å²) in [6, 6.07) is 0.803. The first-order valence-electron chi connectivity index (χ1n) is 7.47. The van der Waals surface area contributed by atoms with Gasteiger partial charge in [-0.25, -0.2) is 0 Å². The lowest BCUT2D eigenvalue weighted by molar-refractivity contribution is -0.130. The van der Waals surface area contributed by atoms with E-state index in [9.17, 15) is 4.79 Å². The fourth-order valence-corrected chi connectivity index (χ4v) is 3.21. The lowest BCUT2D eigenvalue weighted by Gasteiger charge is -2.27. The summed E-state index contributed by atoms with van der Waals surface area (Å²) in [5, 5.41) is 3.05. The molecule has 104 valence electrons. The SMILES string of the molecule is CNCCC(=O)N1CCCN(C2CCCC2)CC1. The molecule has 18 heavy (non-hydrogen) atoms. The van der Waals surface area contributed by atoms with Gasteiger partial charge in [-0.2, -0.15) is 0 Å². The van der Waals surface area contributed by atoms with Crippen LogP contribution in [0.5, 0.6) is 0 Å². The van der Waals surface area contributed by atoms with Crippen molar-refractivity contribution in [3.05, 3.63) is 0 Å². The third kappa shape index (κ3) is 3.69. The number of carbonyl (C=O) groups excluding carboxylic acids is 1. The van der Waals surface area contributed by atoms with Gasteiger partial charge in [0.1, 0.15) is 0 Å². The maximum atomic E-state index is 12.0. The van der Waals surface area contributed by atoms with E-state index in [0.29, 0.717) is 12.3 Å². The molecule has 1 N–H and O–H groups in total. The van der Waals surface area contributed by atoms with E-state index in [1.54, 1.807) is 0 Å². The lowest BCUT2D eigenvalue weighted by Crippen LogP contribution is -2.39. The molecule has 2 rings (SSSR count). The van der Waals surface area contributed by atoms with Gasteiger partial charge in [0.25, 0.3) is 0 Å². The van der Waals surface area contributed by atoms with E-state index in [1.165, 1.54) is 32.2 Å². The predicted molar refractivity (Wildman–Crippen MR) is 73.6 cm³/mol. The van der Waals surface area contributed by atoms with Crippen LogP contribution in [0.25, 0.3) is 0 Å². The van der Waals surface area contributed by atoms with Crippen molar-refractivity contribution in [3.63, 3.8) is 0 Å². The van der Waals surface area contributed by atoms with Crippen LogP contribution in [0.3, 0.4) is 0 Å². The van der Waals surface area contributed by atoms with Gasteiger partial charge in [-0.3, -0.25) is 9.69 Å². The van der Waals surface area contributed by atoms with Crippen LogP contribution in [0.4, 0.5) is 0 Å². The van der Waals surface area contributed by atoms with Gasteiger partial charge in [0.05, 0.1) is 0 Å². The average molecular weight is 253 g/mol. The molecule has 4 nitrogen and oxygen atoms in total. The highest BCUT2D eigenvalue weighted by molar-refractivity contribution is 5.76. The average Bonchev–Trinajstić information content (AvgIpc) is 2.80. The van der Waals surface area contributed by atoms with Gasteiger partial charge in [-0.05, 0) is 26.3 Å². The van der Waals surface area contributed by atoms with Crippen LogP contribution in [-0.2, 0) is 4.79 Å². The van der Waals surface area contributed by atoms with Crippen LogP contribution in [-0.4, -0.2) is 61.5 Å². The van der Waals surface area contributed by atoms with Gasteiger partial charge >= 0.3 is 0 Å². The first-order chi connectivity index (χ1) is 8.81. The Morgan fingerprint density at radius 2 is 1.89 bits per heavy atom. The molecule has 1 aliphatic heterocycles. The van der Waals surface area contributed by atoms with Crippen molar-refractivity contribution in [3.8, 4) is 0 Å². The summed E-state index contributed by atoms with van der Waals surface area (Å²) in [7, 11) is 1.90. The number of amides is 1. The van der Waals surface area contributed by atoms with Crippen LogP contribution in [0.15, 0.2) is 0 Å². The topological polar surface area (TPSA) is 35.6 Å². The van der Waals surface area contributed by atoms with Crippen molar-refractivity contribution < 1.29 is 4.79 Å². The Hall–Kier alpha value is -0.610. The van der Waals surface area contributed by atoms with Crippen LogP contribution >= 0.6 is 0 Å². The first-order valence-corrected chi connectivity index (χ1v) is 7.47. The molecule has 1 amide bonds. The fourth-order valence-electron chi connectivity index (χ4n) is 3.21. The Morgan fingerprint density at radius 3 is 2.61 bits per heavy atom. The van der Waals surface area contributed by atoms with Gasteiger partial charge in [-0.1, -0.05) is 12.8 Å². The summed E-state index contributed by atoms with van der Waals surface area (Å²) in [6.07, 6.45) is 7.31. The second-order valence-corrected chi connectivity index (χ2v) is 5.56. The molecule has 4 heteroatoms. The maximum Gasteiger partial charge on any atom is 0.223 e. The molecule has 0 aromatic heterocycles. The number of nitrogens with one attached hydrogen (secondary N) is 1. The minimum absolute atomic E-state index is 0.317. The number of hydrogen-bond donors (Lipinski definition) is 1. The van der Waals surface area contributed by atoms with Crippen molar-refractivity contribution >= 4 is 5.91 Å². The summed E-state index contributed by atoms with van der Waals surface area (Å²) in [6.45, 7) is 4.93. The molecule has 2 aliphatic rings. The minimum Gasteiger partial charge on any atom is -0.341 e. The van der Waals surface area contributed by atoms with Crippen LogP contribution in [0.1, 0.15) is 38.5 Å².